The van der Waals surface area contributed by atoms with Gasteiger partial charge < -0.3 is 14.2 Å². The molecule has 26 heavy (non-hydrogen) atoms. The number of hydrogen-bond donors (Lipinski definition) is 1. The summed E-state index contributed by atoms with van der Waals surface area (Å²) in [6.45, 7) is 3.94. The van der Waals surface area contributed by atoms with Crippen LogP contribution < -0.4 is 18.9 Å². The Kier molecular flexibility index (Phi) is 6.75. The highest BCUT2D eigenvalue weighted by Crippen LogP contribution is 2.30. The maximum Gasteiger partial charge on any atom is 0.240 e. The van der Waals surface area contributed by atoms with Gasteiger partial charge in [0, 0.05) is 6.54 Å². The Balaban J connectivity index is 2.15. The average molecular weight is 400 g/mol. The van der Waals surface area contributed by atoms with E-state index in [1.807, 2.05) is 13.8 Å². The van der Waals surface area contributed by atoms with Crippen LogP contribution in [-0.4, -0.2) is 28.7 Å². The van der Waals surface area contributed by atoms with E-state index in [1.54, 1.807) is 18.2 Å². The van der Waals surface area contributed by atoms with E-state index in [-0.39, 0.29) is 22.6 Å². The Bertz CT molecular complexity index is 868. The van der Waals surface area contributed by atoms with Crippen LogP contribution in [0.15, 0.2) is 41.3 Å². The number of halogens is 1. The second kappa shape index (κ2) is 8.62. The number of sulfonamides is 1. The minimum atomic E-state index is -3.72. The molecule has 0 aliphatic heterocycles. The van der Waals surface area contributed by atoms with E-state index in [9.17, 15) is 8.42 Å². The molecule has 0 fully saturated rings. The van der Waals surface area contributed by atoms with Gasteiger partial charge in [-0.15, -0.1) is 0 Å². The second-order valence-corrected chi connectivity index (χ2v) is 7.95. The van der Waals surface area contributed by atoms with Crippen LogP contribution in [0.4, 0.5) is 0 Å². The summed E-state index contributed by atoms with van der Waals surface area (Å²) >= 11 is 6.00. The first-order valence-corrected chi connectivity index (χ1v) is 9.79. The maximum absolute atomic E-state index is 12.5. The van der Waals surface area contributed by atoms with E-state index in [0.717, 1.165) is 5.56 Å². The number of nitrogens with one attached hydrogen (secondary N) is 1. The van der Waals surface area contributed by atoms with Crippen LogP contribution >= 0.6 is 11.6 Å². The van der Waals surface area contributed by atoms with Gasteiger partial charge in [-0.05, 0) is 49.7 Å². The normalized spacial score (nSPS) is 11.5. The van der Waals surface area contributed by atoms with Crippen molar-refractivity contribution in [3.63, 3.8) is 0 Å². The van der Waals surface area contributed by atoms with Crippen molar-refractivity contribution in [3.8, 4) is 17.2 Å². The summed E-state index contributed by atoms with van der Waals surface area (Å²) in [5.74, 6) is 1.56. The van der Waals surface area contributed by atoms with Crippen molar-refractivity contribution in [1.29, 1.82) is 0 Å². The van der Waals surface area contributed by atoms with E-state index in [2.05, 4.69) is 4.72 Å². The average Bonchev–Trinajstić information content (AvgIpc) is 2.60. The molecule has 0 unspecified atom stereocenters. The highest BCUT2D eigenvalue weighted by Gasteiger charge is 2.16. The maximum atomic E-state index is 12.5. The van der Waals surface area contributed by atoms with Gasteiger partial charge in [-0.1, -0.05) is 17.7 Å². The first kappa shape index (κ1) is 20.4. The van der Waals surface area contributed by atoms with Crippen LogP contribution in [-0.2, 0) is 16.6 Å². The van der Waals surface area contributed by atoms with Crippen molar-refractivity contribution in [2.75, 3.05) is 14.2 Å². The standard InChI is InChI=1S/C18H22ClNO5S/c1-12(2)25-17-7-5-13(9-18(17)24-4)11-20-26(21,22)14-6-8-16(23-3)15(19)10-14/h5-10,12,20H,11H2,1-4H3. The van der Waals surface area contributed by atoms with Crippen molar-refractivity contribution < 1.29 is 22.6 Å². The van der Waals surface area contributed by atoms with Crippen LogP contribution in [0.2, 0.25) is 5.02 Å². The molecule has 0 heterocycles. The summed E-state index contributed by atoms with van der Waals surface area (Å²) in [5.41, 5.74) is 0.737. The van der Waals surface area contributed by atoms with Gasteiger partial charge in [0.05, 0.1) is 30.2 Å². The van der Waals surface area contributed by atoms with Gasteiger partial charge in [0.1, 0.15) is 5.75 Å². The molecule has 2 aromatic carbocycles. The predicted octanol–water partition coefficient (Wildman–Crippen LogP) is 3.62. The quantitative estimate of drug-likeness (QED) is 0.733. The molecule has 6 nitrogen and oxygen atoms in total. The molecule has 0 bridgehead atoms. The van der Waals surface area contributed by atoms with E-state index < -0.39 is 10.0 Å². The van der Waals surface area contributed by atoms with E-state index >= 15 is 0 Å². The third-order valence-electron chi connectivity index (χ3n) is 3.49. The fourth-order valence-electron chi connectivity index (χ4n) is 2.25. The number of hydrogen-bond acceptors (Lipinski definition) is 5. The van der Waals surface area contributed by atoms with Gasteiger partial charge >= 0.3 is 0 Å². The molecular formula is C18H22ClNO5S. The number of rotatable bonds is 8. The molecule has 0 radical (unpaired) electrons. The van der Waals surface area contributed by atoms with Crippen molar-refractivity contribution in [2.24, 2.45) is 0 Å². The topological polar surface area (TPSA) is 73.9 Å². The SMILES string of the molecule is COc1ccc(S(=O)(=O)NCc2ccc(OC(C)C)c(OC)c2)cc1Cl. The van der Waals surface area contributed by atoms with Crippen molar-refractivity contribution in [3.05, 3.63) is 47.0 Å². The molecule has 2 rings (SSSR count). The lowest BCUT2D eigenvalue weighted by Gasteiger charge is -2.15. The molecule has 0 atom stereocenters. The molecule has 1 N–H and O–H groups in total. The van der Waals surface area contributed by atoms with Crippen molar-refractivity contribution in [2.45, 2.75) is 31.4 Å². The van der Waals surface area contributed by atoms with Crippen LogP contribution in [0.1, 0.15) is 19.4 Å². The lowest BCUT2D eigenvalue weighted by Crippen LogP contribution is -2.23. The summed E-state index contributed by atoms with van der Waals surface area (Å²) in [6.07, 6.45) is 0.00748. The van der Waals surface area contributed by atoms with E-state index in [1.165, 1.54) is 32.4 Å². The molecular weight excluding hydrogens is 378 g/mol. The molecule has 8 heteroatoms. The van der Waals surface area contributed by atoms with Gasteiger partial charge in [0.25, 0.3) is 0 Å². The number of benzene rings is 2. The Labute approximate surface area is 159 Å². The first-order valence-electron chi connectivity index (χ1n) is 7.93. The zero-order valence-corrected chi connectivity index (χ0v) is 16.6. The molecule has 0 amide bonds. The third-order valence-corrected chi connectivity index (χ3v) is 5.18. The highest BCUT2D eigenvalue weighted by atomic mass is 35.5. The lowest BCUT2D eigenvalue weighted by atomic mass is 10.2. The van der Waals surface area contributed by atoms with Crippen molar-refractivity contribution in [1.82, 2.24) is 4.72 Å². The first-order chi connectivity index (χ1) is 12.3. The monoisotopic (exact) mass is 399 g/mol. The van der Waals surface area contributed by atoms with E-state index in [4.69, 9.17) is 25.8 Å². The molecule has 0 aromatic heterocycles. The Morgan fingerprint density at radius 2 is 1.65 bits per heavy atom. The molecule has 2 aromatic rings. The zero-order valence-electron chi connectivity index (χ0n) is 15.1. The number of ether oxygens (including phenoxy) is 3. The fourth-order valence-corrected chi connectivity index (χ4v) is 3.62. The van der Waals surface area contributed by atoms with Crippen LogP contribution in [0, 0.1) is 0 Å². The summed E-state index contributed by atoms with van der Waals surface area (Å²) in [4.78, 5) is 0.0648. The van der Waals surface area contributed by atoms with Crippen LogP contribution in [0.3, 0.4) is 0 Å². The Morgan fingerprint density at radius 3 is 2.23 bits per heavy atom. The van der Waals surface area contributed by atoms with Gasteiger partial charge in [-0.3, -0.25) is 0 Å². The molecule has 0 aliphatic carbocycles. The van der Waals surface area contributed by atoms with E-state index in [0.29, 0.717) is 17.2 Å². The largest absolute Gasteiger partial charge is 0.495 e. The van der Waals surface area contributed by atoms with Crippen LogP contribution in [0.5, 0.6) is 17.2 Å². The highest BCUT2D eigenvalue weighted by molar-refractivity contribution is 7.89. The molecule has 0 saturated carbocycles. The predicted molar refractivity (Wildman–Crippen MR) is 101 cm³/mol. The Hall–Kier alpha value is -1.96. The minimum Gasteiger partial charge on any atom is -0.495 e. The summed E-state index contributed by atoms with van der Waals surface area (Å²) in [5, 5.41) is 0.229. The van der Waals surface area contributed by atoms with Gasteiger partial charge in [-0.2, -0.15) is 0 Å². The molecule has 0 saturated heterocycles. The lowest BCUT2D eigenvalue weighted by molar-refractivity contribution is 0.230. The van der Waals surface area contributed by atoms with Gasteiger partial charge in [0.2, 0.25) is 10.0 Å². The number of methoxy groups -OCH3 is 2. The minimum absolute atomic E-state index is 0.00748. The second-order valence-electron chi connectivity index (χ2n) is 5.77. The molecule has 142 valence electrons. The molecule has 0 aliphatic rings. The smallest absolute Gasteiger partial charge is 0.240 e. The summed E-state index contributed by atoms with van der Waals surface area (Å²) < 4.78 is 43.5. The fraction of sp³-hybridized carbons (Fsp3) is 0.333. The zero-order chi connectivity index (χ0) is 19.3. The Morgan fingerprint density at radius 1 is 1.00 bits per heavy atom. The summed E-state index contributed by atoms with van der Waals surface area (Å²) in [7, 11) is -0.713. The van der Waals surface area contributed by atoms with Crippen LogP contribution in [0.25, 0.3) is 0 Å². The molecule has 0 spiro atoms. The van der Waals surface area contributed by atoms with Gasteiger partial charge in [-0.25, -0.2) is 13.1 Å². The third kappa shape index (κ3) is 5.03. The van der Waals surface area contributed by atoms with Gasteiger partial charge in [0.15, 0.2) is 11.5 Å². The summed E-state index contributed by atoms with van der Waals surface area (Å²) in [6, 6.07) is 9.58. The van der Waals surface area contributed by atoms with Crippen molar-refractivity contribution >= 4 is 21.6 Å².